The summed E-state index contributed by atoms with van der Waals surface area (Å²) in [6.07, 6.45) is 0.968. The summed E-state index contributed by atoms with van der Waals surface area (Å²) >= 11 is 0. The fraction of sp³-hybridized carbons (Fsp3) is 0.538. The molecule has 3 heteroatoms. The van der Waals surface area contributed by atoms with Gasteiger partial charge in [-0.05, 0) is 39.3 Å². The minimum atomic E-state index is 0.122. The van der Waals surface area contributed by atoms with Crippen LogP contribution in [0.3, 0.4) is 0 Å². The number of hydrogen-bond donors (Lipinski definition) is 1. The summed E-state index contributed by atoms with van der Waals surface area (Å²) in [7, 11) is 0. The highest BCUT2D eigenvalue weighted by Gasteiger charge is 2.07. The van der Waals surface area contributed by atoms with Crippen LogP contribution in [0.15, 0.2) is 24.3 Å². The molecule has 0 aliphatic carbocycles. The molecule has 0 spiro atoms. The topological polar surface area (TPSA) is 44.5 Å². The summed E-state index contributed by atoms with van der Waals surface area (Å²) in [5, 5.41) is 0. The molecule has 0 saturated carbocycles. The van der Waals surface area contributed by atoms with Gasteiger partial charge in [0.25, 0.3) is 0 Å². The molecule has 0 aromatic heterocycles. The average molecular weight is 223 g/mol. The van der Waals surface area contributed by atoms with Crippen LogP contribution in [0.2, 0.25) is 0 Å². The summed E-state index contributed by atoms with van der Waals surface area (Å²) < 4.78 is 11.2. The molecule has 0 radical (unpaired) electrons. The van der Waals surface area contributed by atoms with Gasteiger partial charge in [-0.1, -0.05) is 6.07 Å². The molecule has 16 heavy (non-hydrogen) atoms. The second-order valence-corrected chi connectivity index (χ2v) is 4.05. The van der Waals surface area contributed by atoms with Gasteiger partial charge < -0.3 is 15.2 Å². The molecule has 1 rings (SSSR count). The predicted octanol–water partition coefficient (Wildman–Crippen LogP) is 2.59. The van der Waals surface area contributed by atoms with Gasteiger partial charge in [-0.25, -0.2) is 0 Å². The summed E-state index contributed by atoms with van der Waals surface area (Å²) in [4.78, 5) is 0. The number of nitrogens with two attached hydrogens (primary N) is 1. The van der Waals surface area contributed by atoms with E-state index in [2.05, 4.69) is 0 Å². The van der Waals surface area contributed by atoms with Gasteiger partial charge in [0.2, 0.25) is 0 Å². The molecule has 2 unspecified atom stereocenters. The van der Waals surface area contributed by atoms with Crippen LogP contribution in [0.1, 0.15) is 27.2 Å². The van der Waals surface area contributed by atoms with E-state index in [1.54, 1.807) is 0 Å². The predicted molar refractivity (Wildman–Crippen MR) is 66.0 cm³/mol. The first-order chi connectivity index (χ1) is 7.61. The van der Waals surface area contributed by atoms with Crippen molar-refractivity contribution in [2.75, 3.05) is 6.61 Å². The number of rotatable bonds is 6. The van der Waals surface area contributed by atoms with Crippen molar-refractivity contribution < 1.29 is 9.47 Å². The fourth-order valence-corrected chi connectivity index (χ4v) is 1.61. The first-order valence-electron chi connectivity index (χ1n) is 5.77. The zero-order chi connectivity index (χ0) is 12.0. The fourth-order valence-electron chi connectivity index (χ4n) is 1.61. The van der Waals surface area contributed by atoms with E-state index >= 15 is 0 Å². The van der Waals surface area contributed by atoms with Crippen LogP contribution in [0, 0.1) is 0 Å². The Labute approximate surface area is 97.6 Å². The van der Waals surface area contributed by atoms with Crippen molar-refractivity contribution in [1.29, 1.82) is 0 Å². The average Bonchev–Trinajstić information content (AvgIpc) is 2.17. The van der Waals surface area contributed by atoms with E-state index in [0.29, 0.717) is 6.61 Å². The van der Waals surface area contributed by atoms with Crippen molar-refractivity contribution in [3.05, 3.63) is 24.3 Å². The molecule has 2 atom stereocenters. The maximum atomic E-state index is 5.75. The Kier molecular flexibility index (Phi) is 5.12. The van der Waals surface area contributed by atoms with Gasteiger partial charge in [0.1, 0.15) is 11.5 Å². The van der Waals surface area contributed by atoms with Crippen LogP contribution >= 0.6 is 0 Å². The first-order valence-corrected chi connectivity index (χ1v) is 5.77. The lowest BCUT2D eigenvalue weighted by Crippen LogP contribution is -2.24. The second-order valence-electron chi connectivity index (χ2n) is 4.05. The third-order valence-corrected chi connectivity index (χ3v) is 2.16. The molecule has 3 nitrogen and oxygen atoms in total. The van der Waals surface area contributed by atoms with E-state index in [9.17, 15) is 0 Å². The largest absolute Gasteiger partial charge is 0.494 e. The minimum absolute atomic E-state index is 0.122. The van der Waals surface area contributed by atoms with Gasteiger partial charge in [0.15, 0.2) is 0 Å². The van der Waals surface area contributed by atoms with Gasteiger partial charge >= 0.3 is 0 Å². The summed E-state index contributed by atoms with van der Waals surface area (Å²) in [5.41, 5.74) is 5.72. The van der Waals surface area contributed by atoms with Gasteiger partial charge in [0.05, 0.1) is 12.7 Å². The lowest BCUT2D eigenvalue weighted by molar-refractivity contribution is 0.202. The quantitative estimate of drug-likeness (QED) is 0.806. The Morgan fingerprint density at radius 2 is 1.94 bits per heavy atom. The van der Waals surface area contributed by atoms with Crippen molar-refractivity contribution in [1.82, 2.24) is 0 Å². The van der Waals surface area contributed by atoms with Gasteiger partial charge in [-0.2, -0.15) is 0 Å². The van der Waals surface area contributed by atoms with Crippen molar-refractivity contribution in [3.8, 4) is 11.5 Å². The monoisotopic (exact) mass is 223 g/mol. The van der Waals surface area contributed by atoms with Crippen LogP contribution in [-0.4, -0.2) is 18.8 Å². The standard InChI is InChI=1S/C13H21NO2/c1-4-15-12-6-5-7-13(9-12)16-11(3)8-10(2)14/h5-7,9-11H,4,8,14H2,1-3H3. The SMILES string of the molecule is CCOc1cccc(OC(C)CC(C)N)c1. The molecule has 0 bridgehead atoms. The van der Waals surface area contributed by atoms with Gasteiger partial charge in [-0.15, -0.1) is 0 Å². The molecule has 1 aromatic rings. The van der Waals surface area contributed by atoms with Crippen molar-refractivity contribution >= 4 is 0 Å². The van der Waals surface area contributed by atoms with E-state index in [4.69, 9.17) is 15.2 Å². The minimum Gasteiger partial charge on any atom is -0.494 e. The lowest BCUT2D eigenvalue weighted by atomic mass is 10.2. The first kappa shape index (κ1) is 12.8. The highest BCUT2D eigenvalue weighted by atomic mass is 16.5. The molecule has 0 saturated heterocycles. The van der Waals surface area contributed by atoms with Crippen LogP contribution in [0.25, 0.3) is 0 Å². The van der Waals surface area contributed by atoms with Gasteiger partial charge in [0, 0.05) is 12.1 Å². The highest BCUT2D eigenvalue weighted by molar-refractivity contribution is 5.33. The number of ether oxygens (including phenoxy) is 2. The van der Waals surface area contributed by atoms with E-state index < -0.39 is 0 Å². The molecule has 0 fully saturated rings. The molecule has 1 aromatic carbocycles. The Balaban J connectivity index is 2.55. The Hall–Kier alpha value is -1.22. The maximum absolute atomic E-state index is 5.75. The molecule has 0 aliphatic heterocycles. The van der Waals surface area contributed by atoms with E-state index in [1.807, 2.05) is 45.0 Å². The number of hydrogen-bond acceptors (Lipinski definition) is 3. The normalized spacial score (nSPS) is 14.2. The smallest absolute Gasteiger partial charge is 0.123 e. The summed E-state index contributed by atoms with van der Waals surface area (Å²) in [6.45, 7) is 6.64. The second kappa shape index (κ2) is 6.38. The Morgan fingerprint density at radius 1 is 1.25 bits per heavy atom. The Morgan fingerprint density at radius 3 is 2.56 bits per heavy atom. The lowest BCUT2D eigenvalue weighted by Gasteiger charge is -2.17. The van der Waals surface area contributed by atoms with Crippen molar-refractivity contribution in [3.63, 3.8) is 0 Å². The van der Waals surface area contributed by atoms with Crippen molar-refractivity contribution in [2.24, 2.45) is 5.73 Å². The van der Waals surface area contributed by atoms with Crippen LogP contribution in [0.5, 0.6) is 11.5 Å². The Bertz CT molecular complexity index is 313. The molecule has 2 N–H and O–H groups in total. The van der Waals surface area contributed by atoms with Crippen LogP contribution in [0.4, 0.5) is 0 Å². The maximum Gasteiger partial charge on any atom is 0.123 e. The molecular formula is C13H21NO2. The van der Waals surface area contributed by atoms with Crippen LogP contribution in [-0.2, 0) is 0 Å². The zero-order valence-corrected chi connectivity index (χ0v) is 10.3. The van der Waals surface area contributed by atoms with E-state index in [-0.39, 0.29) is 12.1 Å². The molecular weight excluding hydrogens is 202 g/mol. The third kappa shape index (κ3) is 4.53. The van der Waals surface area contributed by atoms with E-state index in [1.165, 1.54) is 0 Å². The molecule has 0 aliphatic rings. The van der Waals surface area contributed by atoms with E-state index in [0.717, 1.165) is 17.9 Å². The van der Waals surface area contributed by atoms with Gasteiger partial charge in [-0.3, -0.25) is 0 Å². The zero-order valence-electron chi connectivity index (χ0n) is 10.3. The summed E-state index contributed by atoms with van der Waals surface area (Å²) in [5.74, 6) is 1.67. The number of benzene rings is 1. The van der Waals surface area contributed by atoms with Crippen LogP contribution < -0.4 is 15.2 Å². The van der Waals surface area contributed by atoms with Crippen molar-refractivity contribution in [2.45, 2.75) is 39.3 Å². The molecule has 0 amide bonds. The molecule has 0 heterocycles. The third-order valence-electron chi connectivity index (χ3n) is 2.16. The summed E-state index contributed by atoms with van der Waals surface area (Å²) in [6, 6.07) is 7.84. The molecule has 90 valence electrons. The highest BCUT2D eigenvalue weighted by Crippen LogP contribution is 2.21.